The van der Waals surface area contributed by atoms with Crippen molar-refractivity contribution in [2.24, 2.45) is 5.41 Å². The average molecular weight is 286 g/mol. The molecule has 20 heavy (non-hydrogen) atoms. The maximum atomic E-state index is 12.8. The van der Waals surface area contributed by atoms with Crippen LogP contribution >= 0.6 is 0 Å². The summed E-state index contributed by atoms with van der Waals surface area (Å²) in [7, 11) is 0. The molecule has 0 aliphatic carbocycles. The summed E-state index contributed by atoms with van der Waals surface area (Å²) in [5.74, 6) is 0. The van der Waals surface area contributed by atoms with Gasteiger partial charge in [-0.2, -0.15) is 18.4 Å². The molecule has 1 aromatic rings. The molecule has 110 valence electrons. The Bertz CT molecular complexity index is 502. The quantitative estimate of drug-likeness (QED) is 0.872. The summed E-state index contributed by atoms with van der Waals surface area (Å²) in [5, 5.41) is 20.9. The molecule has 2 N–H and O–H groups in total. The van der Waals surface area contributed by atoms with Gasteiger partial charge in [-0.3, -0.25) is 0 Å². The van der Waals surface area contributed by atoms with Crippen LogP contribution in [0.3, 0.4) is 0 Å². The Morgan fingerprint density at radius 2 is 2.00 bits per heavy atom. The number of nitrogens with zero attached hydrogens (tertiary/aromatic N) is 1. The standard InChI is InChI=1S/C14H17F3N2O/c1-3-13(2,9-20)8-19-11-5-4-10(7-18)12(6-11)14(15,16)17/h4-6,19-20H,3,8-9H2,1-2H3. The summed E-state index contributed by atoms with van der Waals surface area (Å²) < 4.78 is 38.4. The molecule has 1 unspecified atom stereocenters. The second-order valence-corrected chi connectivity index (χ2v) is 5.05. The zero-order valence-electron chi connectivity index (χ0n) is 11.4. The first kappa shape index (κ1) is 16.3. The maximum Gasteiger partial charge on any atom is 0.417 e. The highest BCUT2D eigenvalue weighted by Gasteiger charge is 2.34. The molecule has 3 nitrogen and oxygen atoms in total. The average Bonchev–Trinajstić information content (AvgIpc) is 2.43. The highest BCUT2D eigenvalue weighted by Crippen LogP contribution is 2.33. The summed E-state index contributed by atoms with van der Waals surface area (Å²) >= 11 is 0. The van der Waals surface area contributed by atoms with Crippen molar-refractivity contribution in [1.82, 2.24) is 0 Å². The third kappa shape index (κ3) is 3.87. The lowest BCUT2D eigenvalue weighted by atomic mass is 9.88. The summed E-state index contributed by atoms with van der Waals surface area (Å²) in [6.07, 6.45) is -3.87. The van der Waals surface area contributed by atoms with Crippen molar-refractivity contribution in [3.63, 3.8) is 0 Å². The molecule has 6 heteroatoms. The van der Waals surface area contributed by atoms with Crippen molar-refractivity contribution in [2.75, 3.05) is 18.5 Å². The molecule has 0 saturated heterocycles. The van der Waals surface area contributed by atoms with Gasteiger partial charge < -0.3 is 10.4 Å². The molecule has 0 aliphatic rings. The monoisotopic (exact) mass is 286 g/mol. The lowest BCUT2D eigenvalue weighted by Gasteiger charge is -2.26. The van der Waals surface area contributed by atoms with Gasteiger partial charge in [0.25, 0.3) is 0 Å². The second-order valence-electron chi connectivity index (χ2n) is 5.05. The zero-order chi connectivity index (χ0) is 15.4. The third-order valence-electron chi connectivity index (χ3n) is 3.40. The fraction of sp³-hybridized carbons (Fsp3) is 0.500. The van der Waals surface area contributed by atoms with Crippen LogP contribution in [0.2, 0.25) is 0 Å². The number of hydrogen-bond donors (Lipinski definition) is 2. The molecule has 1 atom stereocenters. The van der Waals surface area contributed by atoms with Gasteiger partial charge in [-0.05, 0) is 24.6 Å². The molecule has 0 bridgehead atoms. The van der Waals surface area contributed by atoms with Crippen molar-refractivity contribution in [1.29, 1.82) is 5.26 Å². The van der Waals surface area contributed by atoms with Crippen molar-refractivity contribution < 1.29 is 18.3 Å². The molecule has 0 fully saturated rings. The number of hydrogen-bond acceptors (Lipinski definition) is 3. The third-order valence-corrected chi connectivity index (χ3v) is 3.40. The number of alkyl halides is 3. The van der Waals surface area contributed by atoms with Crippen molar-refractivity contribution >= 4 is 5.69 Å². The van der Waals surface area contributed by atoms with E-state index in [1.54, 1.807) is 0 Å². The van der Waals surface area contributed by atoms with E-state index in [1.807, 2.05) is 13.8 Å². The van der Waals surface area contributed by atoms with E-state index in [-0.39, 0.29) is 12.3 Å². The first-order valence-electron chi connectivity index (χ1n) is 6.22. The molecule has 1 rings (SSSR count). The van der Waals surface area contributed by atoms with Crippen LogP contribution in [-0.2, 0) is 6.18 Å². The van der Waals surface area contributed by atoms with Gasteiger partial charge in [-0.1, -0.05) is 13.8 Å². The molecule has 1 aromatic carbocycles. The SMILES string of the molecule is CCC(C)(CO)CNc1ccc(C#N)c(C(F)(F)F)c1. The first-order chi connectivity index (χ1) is 9.25. The minimum atomic E-state index is -4.56. The van der Waals surface area contributed by atoms with Crippen molar-refractivity contribution in [3.8, 4) is 6.07 Å². The van der Waals surface area contributed by atoms with Crippen LogP contribution in [0.1, 0.15) is 31.4 Å². The number of halogens is 3. The Labute approximate surface area is 116 Å². The van der Waals surface area contributed by atoms with Gasteiger partial charge in [0.05, 0.1) is 23.8 Å². The van der Waals surface area contributed by atoms with Crippen LogP contribution in [0.25, 0.3) is 0 Å². The Hall–Kier alpha value is -1.74. The van der Waals surface area contributed by atoms with E-state index < -0.39 is 22.7 Å². The van der Waals surface area contributed by atoms with E-state index in [0.717, 1.165) is 12.1 Å². The van der Waals surface area contributed by atoms with E-state index >= 15 is 0 Å². The summed E-state index contributed by atoms with van der Waals surface area (Å²) in [4.78, 5) is 0. The van der Waals surface area contributed by atoms with Crippen LogP contribution in [0.15, 0.2) is 18.2 Å². The van der Waals surface area contributed by atoms with E-state index in [4.69, 9.17) is 5.26 Å². The number of benzene rings is 1. The smallest absolute Gasteiger partial charge is 0.396 e. The summed E-state index contributed by atoms with van der Waals surface area (Å²) in [5.41, 5.74) is -1.47. The Balaban J connectivity index is 2.97. The molecule has 0 aromatic heterocycles. The zero-order valence-corrected chi connectivity index (χ0v) is 11.4. The lowest BCUT2D eigenvalue weighted by molar-refractivity contribution is -0.137. The summed E-state index contributed by atoms with van der Waals surface area (Å²) in [6, 6.07) is 5.04. The Kier molecular flexibility index (Phi) is 5.01. The minimum Gasteiger partial charge on any atom is -0.396 e. The molecular formula is C14H17F3N2O. The maximum absolute atomic E-state index is 12.8. The number of aliphatic hydroxyl groups excluding tert-OH is 1. The van der Waals surface area contributed by atoms with Crippen LogP contribution in [0.5, 0.6) is 0 Å². The van der Waals surface area contributed by atoms with Crippen molar-refractivity contribution in [3.05, 3.63) is 29.3 Å². The van der Waals surface area contributed by atoms with E-state index in [2.05, 4.69) is 5.32 Å². The van der Waals surface area contributed by atoms with Crippen LogP contribution in [0.4, 0.5) is 18.9 Å². The van der Waals surface area contributed by atoms with Crippen molar-refractivity contribution in [2.45, 2.75) is 26.4 Å². The Morgan fingerprint density at radius 3 is 2.45 bits per heavy atom. The second kappa shape index (κ2) is 6.14. The summed E-state index contributed by atoms with van der Waals surface area (Å²) in [6.45, 7) is 4.04. The number of rotatable bonds is 5. The highest BCUT2D eigenvalue weighted by molar-refractivity contribution is 5.53. The van der Waals surface area contributed by atoms with Crippen LogP contribution in [0, 0.1) is 16.7 Å². The van der Waals surface area contributed by atoms with E-state index in [0.29, 0.717) is 13.0 Å². The first-order valence-corrected chi connectivity index (χ1v) is 6.22. The largest absolute Gasteiger partial charge is 0.417 e. The van der Waals surface area contributed by atoms with E-state index in [1.165, 1.54) is 12.1 Å². The normalized spacial score (nSPS) is 14.4. The Morgan fingerprint density at radius 1 is 1.35 bits per heavy atom. The van der Waals surface area contributed by atoms with Gasteiger partial charge in [0, 0.05) is 17.6 Å². The number of nitriles is 1. The fourth-order valence-corrected chi connectivity index (χ4v) is 1.59. The van der Waals surface area contributed by atoms with Gasteiger partial charge in [0.15, 0.2) is 0 Å². The predicted octanol–water partition coefficient (Wildman–Crippen LogP) is 3.40. The topological polar surface area (TPSA) is 56.0 Å². The molecule has 0 saturated carbocycles. The number of anilines is 1. The van der Waals surface area contributed by atoms with Gasteiger partial charge in [0.2, 0.25) is 0 Å². The predicted molar refractivity (Wildman–Crippen MR) is 70.1 cm³/mol. The van der Waals surface area contributed by atoms with Crippen LogP contribution in [-0.4, -0.2) is 18.3 Å². The van der Waals surface area contributed by atoms with Gasteiger partial charge in [-0.25, -0.2) is 0 Å². The minimum absolute atomic E-state index is 0.0566. The highest BCUT2D eigenvalue weighted by atomic mass is 19.4. The molecule has 0 radical (unpaired) electrons. The van der Waals surface area contributed by atoms with Gasteiger partial charge >= 0.3 is 6.18 Å². The fourth-order valence-electron chi connectivity index (χ4n) is 1.59. The number of nitrogens with one attached hydrogen (secondary N) is 1. The number of aliphatic hydroxyl groups is 1. The molecule has 0 aliphatic heterocycles. The van der Waals surface area contributed by atoms with Gasteiger partial charge in [0.1, 0.15) is 0 Å². The lowest BCUT2D eigenvalue weighted by Crippen LogP contribution is -2.29. The molecule has 0 amide bonds. The molecule has 0 heterocycles. The molecular weight excluding hydrogens is 269 g/mol. The van der Waals surface area contributed by atoms with Crippen LogP contribution < -0.4 is 5.32 Å². The molecule has 0 spiro atoms. The van der Waals surface area contributed by atoms with E-state index in [9.17, 15) is 18.3 Å². The van der Waals surface area contributed by atoms with Gasteiger partial charge in [-0.15, -0.1) is 0 Å².